The summed E-state index contributed by atoms with van der Waals surface area (Å²) < 4.78 is 31.7. The molecule has 3 nitrogen and oxygen atoms in total. The molecule has 0 heterocycles. The maximum Gasteiger partial charge on any atom is 0.311 e. The van der Waals surface area contributed by atoms with Gasteiger partial charge in [0, 0.05) is 6.07 Å². The van der Waals surface area contributed by atoms with Crippen LogP contribution in [-0.2, 0) is 11.2 Å². The van der Waals surface area contributed by atoms with E-state index in [9.17, 15) is 18.7 Å². The van der Waals surface area contributed by atoms with Crippen molar-refractivity contribution in [3.63, 3.8) is 0 Å². The summed E-state index contributed by atoms with van der Waals surface area (Å²) in [6.07, 6.45) is -0.0171. The van der Waals surface area contributed by atoms with Crippen molar-refractivity contribution in [2.24, 2.45) is 0 Å². The summed E-state index contributed by atoms with van der Waals surface area (Å²) in [6, 6.07) is 9.45. The summed E-state index contributed by atoms with van der Waals surface area (Å²) in [6.45, 7) is 0. The molecule has 1 N–H and O–H groups in total. The first kappa shape index (κ1) is 15.0. The molecule has 21 heavy (non-hydrogen) atoms. The van der Waals surface area contributed by atoms with Crippen LogP contribution in [0.2, 0.25) is 0 Å². The number of ether oxygens (including phenoxy) is 1. The van der Waals surface area contributed by atoms with Crippen molar-refractivity contribution in [2.75, 3.05) is 7.11 Å². The van der Waals surface area contributed by atoms with E-state index in [0.717, 1.165) is 0 Å². The molecule has 0 saturated carbocycles. The molecule has 0 bridgehead atoms. The number of benzene rings is 2. The fraction of sp³-hybridized carbons (Fsp3) is 0.188. The summed E-state index contributed by atoms with van der Waals surface area (Å²) in [5, 5.41) is 9.31. The fourth-order valence-corrected chi connectivity index (χ4v) is 2.08. The molecule has 110 valence electrons. The van der Waals surface area contributed by atoms with Crippen LogP contribution in [0.25, 0.3) is 0 Å². The average molecular weight is 292 g/mol. The fourth-order valence-electron chi connectivity index (χ4n) is 2.08. The second-order valence-electron chi connectivity index (χ2n) is 4.60. The Bertz CT molecular complexity index is 638. The van der Waals surface area contributed by atoms with Crippen LogP contribution < -0.4 is 4.74 Å². The van der Waals surface area contributed by atoms with Gasteiger partial charge >= 0.3 is 5.97 Å². The molecular formula is C16H14F2O3. The van der Waals surface area contributed by atoms with E-state index in [-0.39, 0.29) is 12.0 Å². The second-order valence-corrected chi connectivity index (χ2v) is 4.60. The number of carbonyl (C=O) groups is 1. The number of methoxy groups -OCH3 is 1. The minimum Gasteiger partial charge on any atom is -0.497 e. The third-order valence-corrected chi connectivity index (χ3v) is 3.25. The Balaban J connectivity index is 2.28. The third-order valence-electron chi connectivity index (χ3n) is 3.25. The van der Waals surface area contributed by atoms with Crippen LogP contribution >= 0.6 is 0 Å². The second kappa shape index (κ2) is 6.35. The number of hydrogen-bond donors (Lipinski definition) is 1. The molecule has 0 aliphatic heterocycles. The lowest BCUT2D eigenvalue weighted by atomic mass is 9.92. The Hall–Kier alpha value is -2.43. The predicted molar refractivity (Wildman–Crippen MR) is 73.4 cm³/mol. The van der Waals surface area contributed by atoms with Crippen LogP contribution in [0.1, 0.15) is 17.0 Å². The van der Waals surface area contributed by atoms with Gasteiger partial charge in [-0.15, -0.1) is 0 Å². The normalized spacial score (nSPS) is 12.0. The molecule has 0 saturated heterocycles. The van der Waals surface area contributed by atoms with E-state index in [1.165, 1.54) is 43.5 Å². The highest BCUT2D eigenvalue weighted by Crippen LogP contribution is 2.25. The van der Waals surface area contributed by atoms with E-state index in [1.54, 1.807) is 6.07 Å². The van der Waals surface area contributed by atoms with Crippen LogP contribution in [0.4, 0.5) is 8.78 Å². The van der Waals surface area contributed by atoms with Crippen molar-refractivity contribution in [2.45, 2.75) is 12.3 Å². The molecule has 0 aliphatic carbocycles. The van der Waals surface area contributed by atoms with Crippen molar-refractivity contribution < 1.29 is 23.4 Å². The van der Waals surface area contributed by atoms with Crippen molar-refractivity contribution in [3.05, 3.63) is 65.2 Å². The zero-order valence-corrected chi connectivity index (χ0v) is 11.3. The maximum atomic E-state index is 13.9. The number of rotatable bonds is 5. The molecule has 2 aromatic carbocycles. The van der Waals surface area contributed by atoms with Gasteiger partial charge in [-0.05, 0) is 35.7 Å². The summed E-state index contributed by atoms with van der Waals surface area (Å²) in [4.78, 5) is 11.4. The van der Waals surface area contributed by atoms with Gasteiger partial charge in [0.05, 0.1) is 13.0 Å². The lowest BCUT2D eigenvalue weighted by Gasteiger charge is -2.14. The first-order chi connectivity index (χ1) is 10.0. The van der Waals surface area contributed by atoms with Crippen LogP contribution in [0, 0.1) is 11.6 Å². The number of aliphatic carboxylic acids is 1. The number of carboxylic acids is 1. The first-order valence-corrected chi connectivity index (χ1v) is 6.32. The summed E-state index contributed by atoms with van der Waals surface area (Å²) in [5.41, 5.74) is 0.701. The Labute approximate surface area is 120 Å². The van der Waals surface area contributed by atoms with E-state index < -0.39 is 23.5 Å². The molecule has 5 heteroatoms. The van der Waals surface area contributed by atoms with Crippen molar-refractivity contribution in [1.29, 1.82) is 0 Å². The predicted octanol–water partition coefficient (Wildman–Crippen LogP) is 3.38. The van der Waals surface area contributed by atoms with Crippen molar-refractivity contribution in [1.82, 2.24) is 0 Å². The van der Waals surface area contributed by atoms with E-state index in [1.807, 2.05) is 0 Å². The van der Waals surface area contributed by atoms with Crippen LogP contribution in [0.5, 0.6) is 5.75 Å². The maximum absolute atomic E-state index is 13.9. The third kappa shape index (κ3) is 3.56. The topological polar surface area (TPSA) is 46.5 Å². The Morgan fingerprint density at radius 3 is 2.38 bits per heavy atom. The van der Waals surface area contributed by atoms with Gasteiger partial charge in [0.2, 0.25) is 0 Å². The standard InChI is InChI=1S/C16H14F2O3/c1-21-13-7-4-11(15(18)9-13)8-14(16(19)20)10-2-5-12(17)6-3-10/h2-7,9,14H,8H2,1H3,(H,19,20). The first-order valence-electron chi connectivity index (χ1n) is 6.32. The Morgan fingerprint density at radius 2 is 1.86 bits per heavy atom. The highest BCUT2D eigenvalue weighted by molar-refractivity contribution is 5.76. The largest absolute Gasteiger partial charge is 0.497 e. The zero-order valence-electron chi connectivity index (χ0n) is 11.3. The molecule has 0 radical (unpaired) electrons. The molecule has 0 aliphatic rings. The highest BCUT2D eigenvalue weighted by Gasteiger charge is 2.22. The van der Waals surface area contributed by atoms with Gasteiger partial charge in [-0.2, -0.15) is 0 Å². The van der Waals surface area contributed by atoms with Crippen LogP contribution in [0.3, 0.4) is 0 Å². The van der Waals surface area contributed by atoms with E-state index in [2.05, 4.69) is 0 Å². The Morgan fingerprint density at radius 1 is 1.19 bits per heavy atom. The summed E-state index contributed by atoms with van der Waals surface area (Å²) >= 11 is 0. The Kier molecular flexibility index (Phi) is 4.52. The van der Waals surface area contributed by atoms with Gasteiger partial charge in [0.25, 0.3) is 0 Å². The number of hydrogen-bond acceptors (Lipinski definition) is 2. The molecule has 2 aromatic rings. The SMILES string of the molecule is COc1ccc(CC(C(=O)O)c2ccc(F)cc2)c(F)c1. The van der Waals surface area contributed by atoms with E-state index in [4.69, 9.17) is 4.74 Å². The quantitative estimate of drug-likeness (QED) is 0.919. The molecule has 0 amide bonds. The van der Waals surface area contributed by atoms with Gasteiger partial charge in [-0.3, -0.25) is 4.79 Å². The minimum atomic E-state index is -1.09. The lowest BCUT2D eigenvalue weighted by Crippen LogP contribution is -2.15. The molecular weight excluding hydrogens is 278 g/mol. The van der Waals surface area contributed by atoms with Crippen molar-refractivity contribution >= 4 is 5.97 Å². The van der Waals surface area contributed by atoms with Gasteiger partial charge < -0.3 is 9.84 Å². The van der Waals surface area contributed by atoms with Gasteiger partial charge in [0.15, 0.2) is 0 Å². The summed E-state index contributed by atoms with van der Waals surface area (Å²) in [5.74, 6) is -2.63. The monoisotopic (exact) mass is 292 g/mol. The van der Waals surface area contributed by atoms with E-state index >= 15 is 0 Å². The molecule has 0 aromatic heterocycles. The van der Waals surface area contributed by atoms with E-state index in [0.29, 0.717) is 11.3 Å². The zero-order chi connectivity index (χ0) is 15.4. The van der Waals surface area contributed by atoms with Crippen LogP contribution in [-0.4, -0.2) is 18.2 Å². The number of carboxylic acid groups (broad SMARTS) is 1. The molecule has 2 rings (SSSR count). The molecule has 1 atom stereocenters. The molecule has 0 spiro atoms. The minimum absolute atomic E-state index is 0.0171. The summed E-state index contributed by atoms with van der Waals surface area (Å²) in [7, 11) is 1.42. The van der Waals surface area contributed by atoms with Crippen LogP contribution in [0.15, 0.2) is 42.5 Å². The lowest BCUT2D eigenvalue weighted by molar-refractivity contribution is -0.138. The smallest absolute Gasteiger partial charge is 0.311 e. The highest BCUT2D eigenvalue weighted by atomic mass is 19.1. The molecule has 1 unspecified atom stereocenters. The van der Waals surface area contributed by atoms with Gasteiger partial charge in [-0.25, -0.2) is 8.78 Å². The number of halogens is 2. The van der Waals surface area contributed by atoms with Gasteiger partial charge in [0.1, 0.15) is 17.4 Å². The van der Waals surface area contributed by atoms with Gasteiger partial charge in [-0.1, -0.05) is 18.2 Å². The van der Waals surface area contributed by atoms with Crippen molar-refractivity contribution in [3.8, 4) is 5.75 Å². The molecule has 0 fully saturated rings. The average Bonchev–Trinajstić information content (AvgIpc) is 2.46.